The Hall–Kier alpha value is -2.87. The molecule has 14 heteroatoms. The van der Waals surface area contributed by atoms with Gasteiger partial charge in [0.15, 0.2) is 11.8 Å². The van der Waals surface area contributed by atoms with Crippen LogP contribution in [0.5, 0.6) is 11.5 Å². The molecule has 0 aromatic heterocycles. The van der Waals surface area contributed by atoms with Crippen molar-refractivity contribution in [3.63, 3.8) is 0 Å². The molecule has 2 aromatic carbocycles. The third-order valence-electron chi connectivity index (χ3n) is 4.60. The highest BCUT2D eigenvalue weighted by Gasteiger charge is 2.35. The lowest BCUT2D eigenvalue weighted by molar-refractivity contribution is -0.140. The Morgan fingerprint density at radius 3 is 2.64 bits per heavy atom. The number of carboxylic acid groups (broad SMARTS) is 1. The Bertz CT molecular complexity index is 1200. The highest BCUT2D eigenvalue weighted by atomic mass is 35.5. The number of nitrogens with one attached hydrogen (secondary N) is 1. The molecular weight excluding hydrogens is 493 g/mol. The number of carboxylic acids is 1. The van der Waals surface area contributed by atoms with Crippen molar-refractivity contribution in [2.75, 3.05) is 6.61 Å². The molecule has 9 nitrogen and oxygen atoms in total. The number of halogens is 4. The number of para-hydroxylation sites is 1. The molecule has 3 rings (SSSR count). The van der Waals surface area contributed by atoms with Crippen LogP contribution < -0.4 is 19.3 Å². The number of hydrogen-bond acceptors (Lipinski definition) is 6. The number of carbonyl (C=O) groups is 2. The van der Waals surface area contributed by atoms with E-state index in [2.05, 4.69) is 0 Å². The number of aliphatic carboxylic acids is 1. The van der Waals surface area contributed by atoms with Gasteiger partial charge in [0.1, 0.15) is 24.2 Å². The van der Waals surface area contributed by atoms with E-state index in [1.165, 1.54) is 12.1 Å². The summed E-state index contributed by atoms with van der Waals surface area (Å²) in [7, 11) is -4.46. The summed E-state index contributed by atoms with van der Waals surface area (Å²) >= 11 is 6.08. The van der Waals surface area contributed by atoms with Gasteiger partial charge >= 0.3 is 12.1 Å². The quantitative estimate of drug-likeness (QED) is 0.521. The standard InChI is InChI=1S/C19H16ClF3N2O7S/c20-12-3-1-2-10-14(26)7-16(32-17(10)12)11-5-4-9(19(21,22)23)6-15(11)31-8-13(18(27)28)25-33(24,29)30/h1-6,13,16,25H,7-8H2,(H,27,28)(H2,24,29,30)/t13-,16?/m1/s1. The van der Waals surface area contributed by atoms with Crippen LogP contribution in [0, 0.1) is 0 Å². The van der Waals surface area contributed by atoms with Gasteiger partial charge in [0.25, 0.3) is 10.2 Å². The molecule has 0 fully saturated rings. The van der Waals surface area contributed by atoms with Gasteiger partial charge in [0, 0.05) is 5.56 Å². The fourth-order valence-electron chi connectivity index (χ4n) is 3.11. The minimum Gasteiger partial charge on any atom is -0.491 e. The maximum absolute atomic E-state index is 13.2. The first-order valence-electron chi connectivity index (χ1n) is 9.11. The minimum atomic E-state index is -4.76. The van der Waals surface area contributed by atoms with Crippen molar-refractivity contribution in [3.05, 3.63) is 58.1 Å². The first-order chi connectivity index (χ1) is 15.3. The van der Waals surface area contributed by atoms with Gasteiger partial charge in [-0.15, -0.1) is 0 Å². The van der Waals surface area contributed by atoms with E-state index in [9.17, 15) is 31.2 Å². The van der Waals surface area contributed by atoms with Gasteiger partial charge < -0.3 is 14.6 Å². The van der Waals surface area contributed by atoms with Crippen LogP contribution in [0.15, 0.2) is 36.4 Å². The zero-order valence-electron chi connectivity index (χ0n) is 16.4. The first-order valence-corrected chi connectivity index (χ1v) is 11.0. The Labute approximate surface area is 190 Å². The van der Waals surface area contributed by atoms with Gasteiger partial charge in [-0.25, -0.2) is 5.14 Å². The molecular formula is C19H16ClF3N2O7S. The molecule has 0 amide bonds. The summed E-state index contributed by atoms with van der Waals surface area (Å²) in [6, 6.07) is 4.97. The maximum Gasteiger partial charge on any atom is 0.416 e. The predicted octanol–water partition coefficient (Wildman–Crippen LogP) is 2.69. The SMILES string of the molecule is NS(=O)(=O)N[C@H](COc1cc(C(F)(F)F)ccc1C1CC(=O)c2cccc(Cl)c2O1)C(=O)O. The fourth-order valence-corrected chi connectivity index (χ4v) is 3.90. The third kappa shape index (κ3) is 5.93. The molecule has 2 atom stereocenters. The van der Waals surface area contributed by atoms with Crippen LogP contribution in [0.25, 0.3) is 0 Å². The summed E-state index contributed by atoms with van der Waals surface area (Å²) < 4.78 is 74.7. The van der Waals surface area contributed by atoms with Gasteiger partial charge in [0.2, 0.25) is 0 Å². The topological polar surface area (TPSA) is 145 Å². The van der Waals surface area contributed by atoms with Crippen LogP contribution in [0.4, 0.5) is 13.2 Å². The molecule has 0 saturated carbocycles. The largest absolute Gasteiger partial charge is 0.491 e. The minimum absolute atomic E-state index is 0.00154. The molecule has 1 heterocycles. The molecule has 4 N–H and O–H groups in total. The molecule has 1 aliphatic heterocycles. The number of carbonyl (C=O) groups excluding carboxylic acids is 1. The number of fused-ring (bicyclic) bond motifs is 1. The number of alkyl halides is 3. The van der Waals surface area contributed by atoms with Gasteiger partial charge in [-0.1, -0.05) is 23.7 Å². The smallest absolute Gasteiger partial charge is 0.416 e. The summed E-state index contributed by atoms with van der Waals surface area (Å²) in [5.74, 6) is -2.47. The molecule has 178 valence electrons. The highest BCUT2D eigenvalue weighted by molar-refractivity contribution is 7.87. The van der Waals surface area contributed by atoms with Crippen LogP contribution in [0.2, 0.25) is 5.02 Å². The van der Waals surface area contributed by atoms with Crippen LogP contribution in [-0.4, -0.2) is 37.9 Å². The van der Waals surface area contributed by atoms with E-state index >= 15 is 0 Å². The summed E-state index contributed by atoms with van der Waals surface area (Å²) in [6.45, 7) is -0.905. The van der Waals surface area contributed by atoms with E-state index in [0.29, 0.717) is 6.07 Å². The maximum atomic E-state index is 13.2. The second kappa shape index (κ2) is 9.17. The number of Topliss-reactive ketones (excluding diaryl/α,β-unsaturated/α-hetero) is 1. The number of ether oxygens (including phenoxy) is 2. The zero-order chi connectivity index (χ0) is 24.6. The highest BCUT2D eigenvalue weighted by Crippen LogP contribution is 2.43. The van der Waals surface area contributed by atoms with Crippen molar-refractivity contribution >= 4 is 33.6 Å². The lowest BCUT2D eigenvalue weighted by Gasteiger charge is -2.28. The molecule has 0 spiro atoms. The third-order valence-corrected chi connectivity index (χ3v) is 5.51. The van der Waals surface area contributed by atoms with E-state index in [1.807, 2.05) is 0 Å². The van der Waals surface area contributed by atoms with Crippen LogP contribution in [-0.2, 0) is 21.2 Å². The predicted molar refractivity (Wildman–Crippen MR) is 108 cm³/mol. The van der Waals surface area contributed by atoms with E-state index in [-0.39, 0.29) is 34.1 Å². The van der Waals surface area contributed by atoms with E-state index < -0.39 is 52.4 Å². The Morgan fingerprint density at radius 1 is 1.33 bits per heavy atom. The molecule has 2 aromatic rings. The summed E-state index contributed by atoms with van der Waals surface area (Å²) in [5, 5.41) is 14.0. The lowest BCUT2D eigenvalue weighted by atomic mass is 9.95. The number of ketones is 1. The van der Waals surface area contributed by atoms with Crippen LogP contribution in [0.3, 0.4) is 0 Å². The second-order valence-electron chi connectivity index (χ2n) is 6.97. The monoisotopic (exact) mass is 508 g/mol. The summed E-state index contributed by atoms with van der Waals surface area (Å²) in [4.78, 5) is 23.8. The van der Waals surface area contributed by atoms with Crippen molar-refractivity contribution in [1.82, 2.24) is 4.72 Å². The molecule has 1 aliphatic rings. The van der Waals surface area contributed by atoms with Gasteiger partial charge in [-0.3, -0.25) is 9.59 Å². The fraction of sp³-hybridized carbons (Fsp3) is 0.263. The summed E-state index contributed by atoms with van der Waals surface area (Å²) in [6.07, 6.45) is -6.12. The molecule has 1 unspecified atom stereocenters. The molecule has 33 heavy (non-hydrogen) atoms. The lowest BCUT2D eigenvalue weighted by Crippen LogP contribution is -2.47. The average molecular weight is 509 g/mol. The van der Waals surface area contributed by atoms with Crippen molar-refractivity contribution in [1.29, 1.82) is 0 Å². The molecule has 0 bridgehead atoms. The van der Waals surface area contributed by atoms with Crippen molar-refractivity contribution < 1.29 is 45.8 Å². The Balaban J connectivity index is 1.98. The number of hydrogen-bond donors (Lipinski definition) is 3. The molecule has 0 aliphatic carbocycles. The number of nitrogens with two attached hydrogens (primary N) is 1. The van der Waals surface area contributed by atoms with Gasteiger partial charge in [-0.05, 0) is 24.3 Å². The van der Waals surface area contributed by atoms with E-state index in [4.69, 9.17) is 31.3 Å². The molecule has 0 saturated heterocycles. The normalized spacial score (nSPS) is 17.1. The van der Waals surface area contributed by atoms with Crippen molar-refractivity contribution in [3.8, 4) is 11.5 Å². The zero-order valence-corrected chi connectivity index (χ0v) is 18.0. The summed E-state index contributed by atoms with van der Waals surface area (Å²) in [5.41, 5.74) is -0.911. The van der Waals surface area contributed by atoms with Crippen LogP contribution >= 0.6 is 11.6 Å². The van der Waals surface area contributed by atoms with Crippen LogP contribution in [0.1, 0.15) is 34.0 Å². The number of rotatable bonds is 7. The Morgan fingerprint density at radius 2 is 2.03 bits per heavy atom. The van der Waals surface area contributed by atoms with Gasteiger partial charge in [0.05, 0.1) is 22.6 Å². The number of benzene rings is 2. The van der Waals surface area contributed by atoms with E-state index in [1.54, 1.807) is 10.8 Å². The Kier molecular flexibility index (Phi) is 6.88. The second-order valence-corrected chi connectivity index (χ2v) is 8.70. The average Bonchev–Trinajstić information content (AvgIpc) is 2.70. The van der Waals surface area contributed by atoms with Crippen molar-refractivity contribution in [2.24, 2.45) is 5.14 Å². The van der Waals surface area contributed by atoms with Crippen molar-refractivity contribution in [2.45, 2.75) is 24.7 Å². The molecule has 0 radical (unpaired) electrons. The van der Waals surface area contributed by atoms with E-state index in [0.717, 1.165) is 12.1 Å². The first kappa shape index (κ1) is 24.8. The van der Waals surface area contributed by atoms with Gasteiger partial charge in [-0.2, -0.15) is 26.3 Å².